The Bertz CT molecular complexity index is 335. The first-order valence-electron chi connectivity index (χ1n) is 4.64. The molecule has 84 valence electrons. The van der Waals surface area contributed by atoms with Crippen LogP contribution in [0.2, 0.25) is 0 Å². The second-order valence-corrected chi connectivity index (χ2v) is 2.97. The zero-order valence-electron chi connectivity index (χ0n) is 8.90. The van der Waals surface area contributed by atoms with Crippen LogP contribution in [-0.4, -0.2) is 36.0 Å². The van der Waals surface area contributed by atoms with Gasteiger partial charge in [-0.25, -0.2) is 9.48 Å². The van der Waals surface area contributed by atoms with Gasteiger partial charge in [-0.15, -0.1) is 0 Å². The molecule has 0 saturated carbocycles. The molecule has 0 radical (unpaired) electrons. The molecule has 0 aliphatic carbocycles. The van der Waals surface area contributed by atoms with Gasteiger partial charge < -0.3 is 15.2 Å². The first kappa shape index (κ1) is 11.5. The molecule has 0 spiro atoms. The maximum atomic E-state index is 11.1. The van der Waals surface area contributed by atoms with E-state index in [0.29, 0.717) is 19.0 Å². The van der Waals surface area contributed by atoms with Crippen molar-refractivity contribution in [1.29, 1.82) is 0 Å². The minimum Gasteiger partial charge on any atom is -0.478 e. The summed E-state index contributed by atoms with van der Waals surface area (Å²) in [6.07, 6.45) is 0.763. The molecule has 2 N–H and O–H groups in total. The number of hydrogen-bond acceptors (Lipinski definition) is 5. The summed E-state index contributed by atoms with van der Waals surface area (Å²) in [4.78, 5) is 11.1. The Morgan fingerprint density at radius 3 is 3.00 bits per heavy atom. The van der Waals surface area contributed by atoms with Crippen LogP contribution in [0.15, 0.2) is 6.07 Å². The molecule has 0 saturated heterocycles. The molecule has 1 aromatic rings. The first-order valence-corrected chi connectivity index (χ1v) is 4.64. The monoisotopic (exact) mass is 213 g/mol. The van der Waals surface area contributed by atoms with Gasteiger partial charge >= 0.3 is 5.97 Å². The van der Waals surface area contributed by atoms with E-state index in [1.165, 1.54) is 11.8 Å². The largest absolute Gasteiger partial charge is 0.478 e. The van der Waals surface area contributed by atoms with Crippen molar-refractivity contribution in [3.8, 4) is 5.88 Å². The van der Waals surface area contributed by atoms with E-state index in [-0.39, 0.29) is 5.69 Å². The molecule has 6 heteroatoms. The van der Waals surface area contributed by atoms with Crippen LogP contribution in [0.5, 0.6) is 5.88 Å². The number of ether oxygens (including phenoxy) is 2. The lowest BCUT2D eigenvalue weighted by Gasteiger charge is -2.03. The van der Waals surface area contributed by atoms with Crippen molar-refractivity contribution in [2.45, 2.75) is 6.42 Å². The van der Waals surface area contributed by atoms with E-state index in [1.807, 2.05) is 0 Å². The van der Waals surface area contributed by atoms with E-state index >= 15 is 0 Å². The van der Waals surface area contributed by atoms with Crippen LogP contribution in [0.1, 0.15) is 16.9 Å². The predicted octanol–water partition coefficient (Wildman–Crippen LogP) is -0.0657. The third-order valence-electron chi connectivity index (χ3n) is 1.83. The Hall–Kier alpha value is -1.56. The molecule has 0 aliphatic rings. The van der Waals surface area contributed by atoms with Gasteiger partial charge in [0.05, 0.1) is 13.7 Å². The molecular formula is C9H15N3O3. The van der Waals surface area contributed by atoms with Crippen molar-refractivity contribution in [2.24, 2.45) is 12.8 Å². The summed E-state index contributed by atoms with van der Waals surface area (Å²) >= 11 is 0. The number of methoxy groups -OCH3 is 1. The van der Waals surface area contributed by atoms with Gasteiger partial charge in [0.2, 0.25) is 5.88 Å². The smallest absolute Gasteiger partial charge is 0.358 e. The van der Waals surface area contributed by atoms with Gasteiger partial charge in [-0.3, -0.25) is 0 Å². The lowest BCUT2D eigenvalue weighted by atomic mass is 10.4. The zero-order chi connectivity index (χ0) is 11.3. The summed E-state index contributed by atoms with van der Waals surface area (Å²) in [6.45, 7) is 1.08. The van der Waals surface area contributed by atoms with E-state index in [0.717, 1.165) is 6.42 Å². The maximum Gasteiger partial charge on any atom is 0.358 e. The van der Waals surface area contributed by atoms with Crippen molar-refractivity contribution >= 4 is 5.97 Å². The Kier molecular flexibility index (Phi) is 4.11. The van der Waals surface area contributed by atoms with Gasteiger partial charge in [-0.2, -0.15) is 5.10 Å². The molecule has 1 heterocycles. The molecule has 0 atom stereocenters. The number of rotatable bonds is 5. The van der Waals surface area contributed by atoms with Crippen LogP contribution >= 0.6 is 0 Å². The SMILES string of the molecule is COC(=O)c1cc(OCCCN)n(C)n1. The highest BCUT2D eigenvalue weighted by molar-refractivity contribution is 5.87. The van der Waals surface area contributed by atoms with Gasteiger partial charge in [0, 0.05) is 13.1 Å². The molecule has 6 nitrogen and oxygen atoms in total. The number of esters is 1. The fraction of sp³-hybridized carbons (Fsp3) is 0.556. The van der Waals surface area contributed by atoms with Crippen LogP contribution in [0, 0.1) is 0 Å². The number of nitrogens with two attached hydrogens (primary N) is 1. The van der Waals surface area contributed by atoms with Gasteiger partial charge in [0.25, 0.3) is 0 Å². The second-order valence-electron chi connectivity index (χ2n) is 2.97. The van der Waals surface area contributed by atoms with Crippen LogP contribution in [0.4, 0.5) is 0 Å². The van der Waals surface area contributed by atoms with Gasteiger partial charge in [0.15, 0.2) is 5.69 Å². The number of aromatic nitrogens is 2. The van der Waals surface area contributed by atoms with Crippen molar-refractivity contribution in [2.75, 3.05) is 20.3 Å². The summed E-state index contributed by atoms with van der Waals surface area (Å²) in [7, 11) is 3.01. The fourth-order valence-corrected chi connectivity index (χ4v) is 1.05. The van der Waals surface area contributed by atoms with Crippen molar-refractivity contribution in [3.05, 3.63) is 11.8 Å². The Labute approximate surface area is 88.0 Å². The molecule has 0 bridgehead atoms. The lowest BCUT2D eigenvalue weighted by Crippen LogP contribution is -2.08. The predicted molar refractivity (Wildman–Crippen MR) is 53.7 cm³/mol. The average Bonchev–Trinajstić information content (AvgIpc) is 2.60. The van der Waals surface area contributed by atoms with Crippen molar-refractivity contribution in [3.63, 3.8) is 0 Å². The van der Waals surface area contributed by atoms with Gasteiger partial charge in [0.1, 0.15) is 0 Å². The standard InChI is InChI=1S/C9H15N3O3/c1-12-8(15-5-3-4-10)6-7(11-12)9(13)14-2/h6H,3-5,10H2,1-2H3. The van der Waals surface area contributed by atoms with Gasteiger partial charge in [-0.1, -0.05) is 0 Å². The molecule has 0 unspecified atom stereocenters. The number of hydrogen-bond donors (Lipinski definition) is 1. The van der Waals surface area contributed by atoms with E-state index in [2.05, 4.69) is 9.84 Å². The number of carbonyl (C=O) groups excluding carboxylic acids is 1. The summed E-state index contributed by atoms with van der Waals surface area (Å²) in [6, 6.07) is 1.54. The van der Waals surface area contributed by atoms with E-state index in [4.69, 9.17) is 10.5 Å². The molecule has 0 aliphatic heterocycles. The van der Waals surface area contributed by atoms with Gasteiger partial charge in [-0.05, 0) is 13.0 Å². The molecule has 0 amide bonds. The summed E-state index contributed by atoms with van der Waals surface area (Å²) in [5.41, 5.74) is 5.57. The number of aryl methyl sites for hydroxylation is 1. The minimum absolute atomic E-state index is 0.239. The number of carbonyl (C=O) groups is 1. The Balaban J connectivity index is 2.64. The van der Waals surface area contributed by atoms with Crippen LogP contribution < -0.4 is 10.5 Å². The molecule has 0 aromatic carbocycles. The third-order valence-corrected chi connectivity index (χ3v) is 1.83. The van der Waals surface area contributed by atoms with E-state index < -0.39 is 5.97 Å². The van der Waals surface area contributed by atoms with Crippen molar-refractivity contribution < 1.29 is 14.3 Å². The first-order chi connectivity index (χ1) is 7.19. The summed E-state index contributed by atoms with van der Waals surface area (Å²) in [5, 5.41) is 3.95. The van der Waals surface area contributed by atoms with E-state index in [9.17, 15) is 4.79 Å². The van der Waals surface area contributed by atoms with Crippen LogP contribution in [0.25, 0.3) is 0 Å². The average molecular weight is 213 g/mol. The normalized spacial score (nSPS) is 10.1. The highest BCUT2D eigenvalue weighted by Crippen LogP contribution is 2.12. The third kappa shape index (κ3) is 2.95. The fourth-order valence-electron chi connectivity index (χ4n) is 1.05. The van der Waals surface area contributed by atoms with E-state index in [1.54, 1.807) is 13.1 Å². The lowest BCUT2D eigenvalue weighted by molar-refractivity contribution is 0.0593. The molecule has 1 aromatic heterocycles. The Morgan fingerprint density at radius 2 is 2.40 bits per heavy atom. The quantitative estimate of drug-likeness (QED) is 0.547. The summed E-state index contributed by atoms with van der Waals surface area (Å²) < 4.78 is 11.4. The highest BCUT2D eigenvalue weighted by Gasteiger charge is 2.13. The summed E-state index contributed by atoms with van der Waals surface area (Å²) in [5.74, 6) is 0.0584. The number of nitrogens with zero attached hydrogens (tertiary/aromatic N) is 2. The molecule has 1 rings (SSSR count). The van der Waals surface area contributed by atoms with Crippen LogP contribution in [-0.2, 0) is 11.8 Å². The minimum atomic E-state index is -0.473. The van der Waals surface area contributed by atoms with Crippen molar-refractivity contribution in [1.82, 2.24) is 9.78 Å². The molecule has 0 fully saturated rings. The zero-order valence-corrected chi connectivity index (χ0v) is 8.90. The topological polar surface area (TPSA) is 79.4 Å². The Morgan fingerprint density at radius 1 is 1.67 bits per heavy atom. The maximum absolute atomic E-state index is 11.1. The second kappa shape index (κ2) is 5.35. The highest BCUT2D eigenvalue weighted by atomic mass is 16.5. The molecular weight excluding hydrogens is 198 g/mol. The molecule has 15 heavy (non-hydrogen) atoms. The van der Waals surface area contributed by atoms with Crippen LogP contribution in [0.3, 0.4) is 0 Å².